The van der Waals surface area contributed by atoms with Gasteiger partial charge in [0.2, 0.25) is 17.7 Å². The van der Waals surface area contributed by atoms with Crippen LogP contribution in [0.1, 0.15) is 77.6 Å². The van der Waals surface area contributed by atoms with E-state index in [-0.39, 0.29) is 30.7 Å². The molecule has 3 saturated heterocycles. The van der Waals surface area contributed by atoms with Crippen LogP contribution >= 0.6 is 11.6 Å². The van der Waals surface area contributed by atoms with Crippen LogP contribution in [0, 0.1) is 23.2 Å². The maximum atomic E-state index is 13.3. The Hall–Kier alpha value is -5.59. The fraction of sp³-hybridized carbons (Fsp3) is 0.463. The molecule has 5 amide bonds. The Bertz CT molecular complexity index is 2100. The van der Waals surface area contributed by atoms with Crippen LogP contribution in [0.3, 0.4) is 0 Å². The van der Waals surface area contributed by atoms with E-state index in [1.165, 1.54) is 0 Å². The third-order valence-corrected chi connectivity index (χ3v) is 12.4. The van der Waals surface area contributed by atoms with Crippen molar-refractivity contribution in [3.05, 3.63) is 70.2 Å². The van der Waals surface area contributed by atoms with Gasteiger partial charge in [-0.3, -0.25) is 39.1 Å². The molecule has 15 nitrogen and oxygen atoms in total. The van der Waals surface area contributed by atoms with Crippen molar-refractivity contribution in [3.8, 4) is 6.07 Å². The van der Waals surface area contributed by atoms with Crippen LogP contribution in [-0.2, 0) is 14.4 Å². The number of amides is 5. The molecule has 0 bridgehead atoms. The Kier molecular flexibility index (Phi) is 11.1. The van der Waals surface area contributed by atoms with E-state index in [0.717, 1.165) is 106 Å². The molecule has 296 valence electrons. The highest BCUT2D eigenvalue weighted by molar-refractivity contribution is 6.32. The summed E-state index contributed by atoms with van der Waals surface area (Å²) in [6.07, 6.45) is 5.54. The van der Waals surface area contributed by atoms with Crippen molar-refractivity contribution in [1.29, 1.82) is 5.26 Å². The van der Waals surface area contributed by atoms with Gasteiger partial charge in [0.1, 0.15) is 12.1 Å². The number of hydrogen-bond acceptors (Lipinski definition) is 12. The Morgan fingerprint density at radius 1 is 0.825 bits per heavy atom. The molecule has 1 aromatic heterocycles. The second-order valence-electron chi connectivity index (χ2n) is 15.7. The number of carbonyl (C=O) groups is 5. The Morgan fingerprint density at radius 2 is 1.58 bits per heavy atom. The van der Waals surface area contributed by atoms with Crippen molar-refractivity contribution >= 4 is 64.1 Å². The highest BCUT2D eigenvalue weighted by atomic mass is 35.5. The van der Waals surface area contributed by atoms with E-state index in [9.17, 15) is 24.0 Å². The second kappa shape index (κ2) is 16.5. The lowest BCUT2D eigenvalue weighted by Crippen LogP contribution is -2.54. The summed E-state index contributed by atoms with van der Waals surface area (Å²) in [7, 11) is 0. The van der Waals surface area contributed by atoms with E-state index < -0.39 is 29.7 Å². The van der Waals surface area contributed by atoms with E-state index in [1.54, 1.807) is 24.3 Å². The first-order chi connectivity index (χ1) is 27.6. The van der Waals surface area contributed by atoms with Crippen LogP contribution in [0.25, 0.3) is 0 Å². The zero-order valence-corrected chi connectivity index (χ0v) is 32.3. The van der Waals surface area contributed by atoms with E-state index in [1.807, 2.05) is 24.3 Å². The lowest BCUT2D eigenvalue weighted by atomic mass is 9.85. The lowest BCUT2D eigenvalue weighted by molar-refractivity contribution is -0.136. The molecule has 57 heavy (non-hydrogen) atoms. The van der Waals surface area contributed by atoms with Gasteiger partial charge in [-0.25, -0.2) is 0 Å². The van der Waals surface area contributed by atoms with E-state index >= 15 is 0 Å². The van der Waals surface area contributed by atoms with Crippen LogP contribution in [0.5, 0.6) is 0 Å². The fourth-order valence-electron chi connectivity index (χ4n) is 8.77. The molecule has 2 aromatic carbocycles. The van der Waals surface area contributed by atoms with Crippen LogP contribution < -0.4 is 25.8 Å². The summed E-state index contributed by atoms with van der Waals surface area (Å²) in [5, 5.41) is 27.0. The van der Waals surface area contributed by atoms with Crippen molar-refractivity contribution in [3.63, 3.8) is 0 Å². The third-order valence-electron chi connectivity index (χ3n) is 12.1. The monoisotopic (exact) mass is 792 g/mol. The molecule has 16 heteroatoms. The Balaban J connectivity index is 0.751. The zero-order valence-electron chi connectivity index (χ0n) is 31.6. The first kappa shape index (κ1) is 38.3. The largest absolute Gasteiger partial charge is 0.382 e. The highest BCUT2D eigenvalue weighted by Gasteiger charge is 2.45. The maximum absolute atomic E-state index is 13.3. The van der Waals surface area contributed by atoms with Gasteiger partial charge in [0.15, 0.2) is 11.6 Å². The standard InChI is InChI=1S/C41H45ClN10O5/c42-33-21-29(6-3-27(33)23-43)44-28-4-1-26(2-5-28)38(54)45-35-10-11-36(48-47-35)51-15-13-25(14-16-51)24-49-17-19-50(20-18-49)30-7-8-31-32(22-30)41(57)52(40(31)56)34-9-12-37(53)46-39(34)55/h3,6-8,10-11,21-22,25-26,28,34,44H,1-2,4-5,9,12-20,24H2,(H,45,47,54)(H,46,53,55). The van der Waals surface area contributed by atoms with Gasteiger partial charge in [-0.2, -0.15) is 5.26 Å². The number of nitriles is 1. The van der Waals surface area contributed by atoms with Crippen molar-refractivity contribution in [2.45, 2.75) is 63.5 Å². The summed E-state index contributed by atoms with van der Waals surface area (Å²) in [6.45, 7) is 6.14. The molecule has 1 unspecified atom stereocenters. The molecule has 0 radical (unpaired) electrons. The first-order valence-electron chi connectivity index (χ1n) is 19.8. The normalized spacial score (nSPS) is 23.2. The maximum Gasteiger partial charge on any atom is 0.262 e. The lowest BCUT2D eigenvalue weighted by Gasteiger charge is -2.39. The van der Waals surface area contributed by atoms with Gasteiger partial charge in [-0.05, 0) is 99.4 Å². The minimum absolute atomic E-state index is 0.0317. The van der Waals surface area contributed by atoms with Crippen LogP contribution in [0.2, 0.25) is 5.02 Å². The quantitative estimate of drug-likeness (QED) is 0.265. The number of aromatic nitrogens is 2. The third kappa shape index (κ3) is 8.29. The van der Waals surface area contributed by atoms with Crippen LogP contribution in [-0.4, -0.2) is 107 Å². The molecule has 5 aliphatic rings. The molecule has 0 spiro atoms. The van der Waals surface area contributed by atoms with Gasteiger partial charge in [0.25, 0.3) is 11.8 Å². The SMILES string of the molecule is N#Cc1ccc(NC2CCC(C(=O)Nc3ccc(N4CCC(CN5CCN(c6ccc7c(c6)C(=O)N(C6CCC(=O)NC6=O)C7=O)CC5)CC4)nn3)CC2)cc1Cl. The molecular formula is C41H45ClN10O5. The van der Waals surface area contributed by atoms with Crippen LogP contribution in [0.15, 0.2) is 48.5 Å². The Morgan fingerprint density at radius 3 is 2.26 bits per heavy atom. The number of benzene rings is 2. The number of nitrogens with zero attached hydrogens (tertiary/aromatic N) is 7. The van der Waals surface area contributed by atoms with E-state index in [2.05, 4.69) is 46.9 Å². The molecule has 8 rings (SSSR count). The minimum atomic E-state index is -0.975. The number of hydrogen-bond donors (Lipinski definition) is 3. The second-order valence-corrected chi connectivity index (χ2v) is 16.1. The first-order valence-corrected chi connectivity index (χ1v) is 20.2. The molecule has 5 heterocycles. The number of fused-ring (bicyclic) bond motifs is 1. The van der Waals surface area contributed by atoms with E-state index in [0.29, 0.717) is 33.4 Å². The molecule has 3 aromatic rings. The number of nitrogens with one attached hydrogen (secondary N) is 3. The predicted molar refractivity (Wildman–Crippen MR) is 213 cm³/mol. The number of piperazine rings is 1. The molecule has 1 aliphatic carbocycles. The highest BCUT2D eigenvalue weighted by Crippen LogP contribution is 2.32. The summed E-state index contributed by atoms with van der Waals surface area (Å²) in [6, 6.07) is 15.7. The average Bonchev–Trinajstić information content (AvgIpc) is 3.47. The summed E-state index contributed by atoms with van der Waals surface area (Å²) >= 11 is 6.18. The van der Waals surface area contributed by atoms with Gasteiger partial charge in [0, 0.05) is 75.6 Å². The van der Waals surface area contributed by atoms with Crippen molar-refractivity contribution in [2.75, 3.05) is 66.2 Å². The van der Waals surface area contributed by atoms with Gasteiger partial charge < -0.3 is 20.4 Å². The number of imide groups is 2. The fourth-order valence-corrected chi connectivity index (χ4v) is 9.00. The summed E-state index contributed by atoms with van der Waals surface area (Å²) in [5.74, 6) is -0.276. The number of halogens is 1. The summed E-state index contributed by atoms with van der Waals surface area (Å²) in [4.78, 5) is 71.5. The number of rotatable bonds is 9. The molecule has 1 atom stereocenters. The van der Waals surface area contributed by atoms with Gasteiger partial charge in [-0.1, -0.05) is 11.6 Å². The summed E-state index contributed by atoms with van der Waals surface area (Å²) in [5.41, 5.74) is 2.80. The predicted octanol–water partition coefficient (Wildman–Crippen LogP) is 4.05. The average molecular weight is 793 g/mol. The number of carbonyl (C=O) groups excluding carboxylic acids is 5. The van der Waals surface area contributed by atoms with Gasteiger partial charge in [-0.15, -0.1) is 10.2 Å². The van der Waals surface area contributed by atoms with Gasteiger partial charge >= 0.3 is 0 Å². The van der Waals surface area contributed by atoms with Crippen molar-refractivity contribution in [1.82, 2.24) is 25.3 Å². The van der Waals surface area contributed by atoms with Crippen LogP contribution in [0.4, 0.5) is 23.0 Å². The zero-order chi connectivity index (χ0) is 39.6. The molecule has 4 fully saturated rings. The molecule has 1 saturated carbocycles. The molecular weight excluding hydrogens is 748 g/mol. The van der Waals surface area contributed by atoms with E-state index in [4.69, 9.17) is 16.9 Å². The summed E-state index contributed by atoms with van der Waals surface area (Å²) < 4.78 is 0. The molecule has 3 N–H and O–H groups in total. The topological polar surface area (TPSA) is 184 Å². The minimum Gasteiger partial charge on any atom is -0.382 e. The number of anilines is 4. The Labute approximate surface area is 335 Å². The molecule has 4 aliphatic heterocycles. The number of piperidine rings is 2. The van der Waals surface area contributed by atoms with Crippen molar-refractivity contribution < 1.29 is 24.0 Å². The smallest absolute Gasteiger partial charge is 0.262 e. The van der Waals surface area contributed by atoms with Gasteiger partial charge in [0.05, 0.1) is 21.7 Å². The van der Waals surface area contributed by atoms with Crippen molar-refractivity contribution in [2.24, 2.45) is 11.8 Å².